The van der Waals surface area contributed by atoms with Crippen molar-refractivity contribution in [1.29, 1.82) is 0 Å². The van der Waals surface area contributed by atoms with Gasteiger partial charge in [0.15, 0.2) is 12.6 Å². The maximum atomic E-state index is 14.1. The molecule has 13 heteroatoms. The van der Waals surface area contributed by atoms with Gasteiger partial charge in [-0.3, -0.25) is 4.79 Å². The standard InChI is InChI=1S/C36H67NO12/c1-12-27-36(10,43)30(40)23(6)37-17-19(2)15-34(8,42)31(49-33-26(39)14-13-20(3)45-33)21(4)29(22(5)32(41)47-27)48-28-16-35(9,44-11)25(18-38)24(7)46-28/h19-31,33,37-40,42-43H,12-18H2,1-11H3/t19-,20-,21+,22?,23-,24+,25?,26-,27-,28+,29+,30-,31-,33?,34-,35-,36-/m1/s1. The quantitative estimate of drug-likeness (QED) is 0.212. The van der Waals surface area contributed by atoms with Gasteiger partial charge in [-0.25, -0.2) is 0 Å². The SMILES string of the molecule is CC[C@H]1OC(=O)C(C)[C@@H](O[C@H]2C[C@@](C)(OC)C(CO)[C@H](C)O2)[C@H](C)[C@@H](OC2O[C@H](C)CC[C@H]2O)[C@](C)(O)C[C@@H](C)CN[C@H](C)[C@@H](O)[C@]1(C)O. The third-order valence-corrected chi connectivity index (χ3v) is 11.5. The largest absolute Gasteiger partial charge is 0.459 e. The van der Waals surface area contributed by atoms with E-state index in [0.717, 1.165) is 0 Å². The number of ether oxygens (including phenoxy) is 6. The van der Waals surface area contributed by atoms with Gasteiger partial charge in [0.25, 0.3) is 0 Å². The van der Waals surface area contributed by atoms with E-state index in [4.69, 9.17) is 28.4 Å². The predicted octanol–water partition coefficient (Wildman–Crippen LogP) is 2.27. The van der Waals surface area contributed by atoms with Crippen molar-refractivity contribution in [2.75, 3.05) is 20.3 Å². The third kappa shape index (κ3) is 9.92. The molecule has 13 nitrogen and oxygen atoms in total. The Morgan fingerprint density at radius 1 is 0.959 bits per heavy atom. The molecule has 49 heavy (non-hydrogen) atoms. The van der Waals surface area contributed by atoms with Crippen LogP contribution in [0.3, 0.4) is 0 Å². The van der Waals surface area contributed by atoms with Gasteiger partial charge in [0.2, 0.25) is 0 Å². The molecule has 288 valence electrons. The summed E-state index contributed by atoms with van der Waals surface area (Å²) in [4.78, 5) is 14.1. The van der Waals surface area contributed by atoms with Gasteiger partial charge in [-0.05, 0) is 86.6 Å². The second-order valence-corrected chi connectivity index (χ2v) is 15.9. The predicted molar refractivity (Wildman–Crippen MR) is 181 cm³/mol. The first-order valence-corrected chi connectivity index (χ1v) is 18.2. The molecule has 0 aromatic rings. The Morgan fingerprint density at radius 2 is 1.61 bits per heavy atom. The molecule has 3 unspecified atom stereocenters. The number of methoxy groups -OCH3 is 1. The van der Waals surface area contributed by atoms with Crippen LogP contribution < -0.4 is 5.32 Å². The van der Waals surface area contributed by atoms with E-state index in [1.54, 1.807) is 34.8 Å². The van der Waals surface area contributed by atoms with Crippen LogP contribution in [-0.2, 0) is 33.2 Å². The molecular weight excluding hydrogens is 638 g/mol. The monoisotopic (exact) mass is 705 g/mol. The third-order valence-electron chi connectivity index (χ3n) is 11.5. The maximum Gasteiger partial charge on any atom is 0.311 e. The van der Waals surface area contributed by atoms with Crippen LogP contribution in [0.5, 0.6) is 0 Å². The van der Waals surface area contributed by atoms with Gasteiger partial charge in [-0.1, -0.05) is 20.8 Å². The van der Waals surface area contributed by atoms with Crippen LogP contribution in [0.2, 0.25) is 0 Å². The topological polar surface area (TPSA) is 186 Å². The van der Waals surface area contributed by atoms with Crippen LogP contribution >= 0.6 is 0 Å². The molecule has 0 saturated carbocycles. The minimum absolute atomic E-state index is 0.133. The summed E-state index contributed by atoms with van der Waals surface area (Å²) in [6, 6.07) is -0.574. The molecule has 0 bridgehead atoms. The zero-order valence-electron chi connectivity index (χ0n) is 31.6. The average Bonchev–Trinajstić information content (AvgIpc) is 3.03. The molecule has 0 radical (unpaired) electrons. The smallest absolute Gasteiger partial charge is 0.311 e. The molecule has 3 aliphatic heterocycles. The van der Waals surface area contributed by atoms with Crippen LogP contribution in [0.25, 0.3) is 0 Å². The van der Waals surface area contributed by atoms with Gasteiger partial charge in [0, 0.05) is 31.4 Å². The number of hydrogen-bond acceptors (Lipinski definition) is 13. The summed E-state index contributed by atoms with van der Waals surface area (Å²) in [5, 5.41) is 59.4. The highest BCUT2D eigenvalue weighted by molar-refractivity contribution is 5.73. The molecule has 3 saturated heterocycles. The van der Waals surface area contributed by atoms with Crippen molar-refractivity contribution in [3.8, 4) is 0 Å². The van der Waals surface area contributed by atoms with Crippen molar-refractivity contribution in [3.63, 3.8) is 0 Å². The number of rotatable bonds is 7. The maximum absolute atomic E-state index is 14.1. The summed E-state index contributed by atoms with van der Waals surface area (Å²) in [5.74, 6) is -2.82. The molecule has 3 heterocycles. The molecule has 3 fully saturated rings. The second-order valence-electron chi connectivity index (χ2n) is 15.9. The van der Waals surface area contributed by atoms with Crippen LogP contribution in [0.1, 0.15) is 101 Å². The lowest BCUT2D eigenvalue weighted by Crippen LogP contribution is -2.59. The van der Waals surface area contributed by atoms with Gasteiger partial charge in [-0.15, -0.1) is 0 Å². The highest BCUT2D eigenvalue weighted by Gasteiger charge is 2.52. The highest BCUT2D eigenvalue weighted by Crippen LogP contribution is 2.41. The Balaban J connectivity index is 2.12. The van der Waals surface area contributed by atoms with E-state index in [2.05, 4.69) is 5.32 Å². The van der Waals surface area contributed by atoms with E-state index >= 15 is 0 Å². The molecule has 0 aromatic carbocycles. The van der Waals surface area contributed by atoms with Gasteiger partial charge in [-0.2, -0.15) is 0 Å². The number of aliphatic hydroxyl groups is 5. The van der Waals surface area contributed by atoms with Gasteiger partial charge in [0.1, 0.15) is 23.9 Å². The van der Waals surface area contributed by atoms with E-state index in [1.807, 2.05) is 34.6 Å². The number of carbonyl (C=O) groups is 1. The van der Waals surface area contributed by atoms with E-state index in [9.17, 15) is 30.3 Å². The van der Waals surface area contributed by atoms with E-state index < -0.39 is 89.9 Å². The number of carbonyl (C=O) groups excluding carboxylic acids is 1. The first-order chi connectivity index (χ1) is 22.7. The van der Waals surface area contributed by atoms with Crippen molar-refractivity contribution in [1.82, 2.24) is 5.32 Å². The van der Waals surface area contributed by atoms with Crippen LogP contribution in [0.15, 0.2) is 0 Å². The Kier molecular flexibility index (Phi) is 14.9. The van der Waals surface area contributed by atoms with Gasteiger partial charge < -0.3 is 59.3 Å². The molecule has 0 aliphatic carbocycles. The lowest BCUT2D eigenvalue weighted by molar-refractivity contribution is -0.310. The minimum Gasteiger partial charge on any atom is -0.459 e. The molecule has 0 amide bonds. The molecule has 0 aromatic heterocycles. The summed E-state index contributed by atoms with van der Waals surface area (Å²) in [6.07, 6.45) is -5.90. The Labute approximate surface area is 293 Å². The summed E-state index contributed by atoms with van der Waals surface area (Å²) >= 11 is 0. The summed E-state index contributed by atoms with van der Waals surface area (Å²) in [7, 11) is 1.57. The van der Waals surface area contributed by atoms with Crippen LogP contribution in [0, 0.1) is 23.7 Å². The van der Waals surface area contributed by atoms with Crippen molar-refractivity contribution in [2.24, 2.45) is 23.7 Å². The van der Waals surface area contributed by atoms with Gasteiger partial charge >= 0.3 is 5.97 Å². The van der Waals surface area contributed by atoms with Crippen LogP contribution in [-0.4, -0.2) is 130 Å². The normalized spacial score (nSPS) is 49.8. The molecule has 6 N–H and O–H groups in total. The van der Waals surface area contributed by atoms with Crippen molar-refractivity contribution >= 4 is 5.97 Å². The number of nitrogens with one attached hydrogen (secondary N) is 1. The molecule has 3 rings (SSSR count). The zero-order chi connectivity index (χ0) is 37.1. The first-order valence-electron chi connectivity index (χ1n) is 18.2. The van der Waals surface area contributed by atoms with E-state index in [1.165, 1.54) is 6.92 Å². The fourth-order valence-electron chi connectivity index (χ4n) is 8.18. The summed E-state index contributed by atoms with van der Waals surface area (Å²) in [5.41, 5.74) is -4.10. The second kappa shape index (κ2) is 17.2. The summed E-state index contributed by atoms with van der Waals surface area (Å²) in [6.45, 7) is 18.0. The average molecular weight is 706 g/mol. The number of hydrogen-bond donors (Lipinski definition) is 6. The lowest BCUT2D eigenvalue weighted by Gasteiger charge is -2.49. The van der Waals surface area contributed by atoms with E-state index in [-0.39, 0.29) is 43.8 Å². The lowest BCUT2D eigenvalue weighted by atomic mass is 9.77. The molecule has 0 spiro atoms. The van der Waals surface area contributed by atoms with Crippen molar-refractivity contribution in [2.45, 2.75) is 179 Å². The first kappa shape index (κ1) is 42.4. The van der Waals surface area contributed by atoms with Gasteiger partial charge in [0.05, 0.1) is 48.1 Å². The van der Waals surface area contributed by atoms with Crippen molar-refractivity contribution < 1.29 is 58.7 Å². The minimum atomic E-state index is -1.79. The fourth-order valence-corrected chi connectivity index (χ4v) is 8.18. The molecule has 17 atom stereocenters. The Bertz CT molecular complexity index is 1050. The molecular formula is C36H67NO12. The Hall–Kier alpha value is -0.970. The fraction of sp³-hybridized carbons (Fsp3) is 0.972. The highest BCUT2D eigenvalue weighted by atomic mass is 16.7. The zero-order valence-corrected chi connectivity index (χ0v) is 31.6. The van der Waals surface area contributed by atoms with E-state index in [0.29, 0.717) is 19.4 Å². The number of aliphatic hydroxyl groups excluding tert-OH is 3. The van der Waals surface area contributed by atoms with Crippen LogP contribution in [0.4, 0.5) is 0 Å². The Morgan fingerprint density at radius 3 is 2.20 bits per heavy atom. The van der Waals surface area contributed by atoms with Crippen molar-refractivity contribution in [3.05, 3.63) is 0 Å². The summed E-state index contributed by atoms with van der Waals surface area (Å²) < 4.78 is 37.4. The number of cyclic esters (lactones) is 1. The number of esters is 1. The molecule has 3 aliphatic rings.